The molecule has 8 nitrogen and oxygen atoms in total. The van der Waals surface area contributed by atoms with Crippen LogP contribution < -0.4 is 14.9 Å². The van der Waals surface area contributed by atoms with Gasteiger partial charge in [-0.15, -0.1) is 0 Å². The van der Waals surface area contributed by atoms with E-state index in [1.165, 1.54) is 23.0 Å². The van der Waals surface area contributed by atoms with Crippen molar-refractivity contribution in [3.8, 4) is 11.3 Å². The van der Waals surface area contributed by atoms with Gasteiger partial charge in [0.2, 0.25) is 0 Å². The zero-order valence-electron chi connectivity index (χ0n) is 22.8. The third-order valence-corrected chi connectivity index (χ3v) is 7.98. The van der Waals surface area contributed by atoms with Crippen LogP contribution in [0.15, 0.2) is 90.6 Å². The molecule has 4 aromatic rings. The summed E-state index contributed by atoms with van der Waals surface area (Å²) in [4.78, 5) is 44.3. The van der Waals surface area contributed by atoms with Gasteiger partial charge < -0.3 is 13.9 Å². The second-order valence-corrected chi connectivity index (χ2v) is 11.8. The summed E-state index contributed by atoms with van der Waals surface area (Å²) in [5, 5.41) is 0. The fourth-order valence-electron chi connectivity index (χ4n) is 4.47. The number of aromatic nitrogens is 1. The second kappa shape index (κ2) is 11.8. The number of furan rings is 1. The number of carbonyl (C=O) groups excluding carboxylic acids is 2. The monoisotopic (exact) mass is 634 g/mol. The molecule has 0 bridgehead atoms. The van der Waals surface area contributed by atoms with Crippen molar-refractivity contribution in [3.63, 3.8) is 0 Å². The molecule has 0 N–H and O–H groups in total. The van der Waals surface area contributed by atoms with Crippen LogP contribution in [-0.4, -0.2) is 30.2 Å². The van der Waals surface area contributed by atoms with E-state index in [2.05, 4.69) is 20.9 Å². The molecule has 41 heavy (non-hydrogen) atoms. The van der Waals surface area contributed by atoms with E-state index in [0.29, 0.717) is 37.7 Å². The van der Waals surface area contributed by atoms with Crippen LogP contribution in [0.25, 0.3) is 17.4 Å². The highest BCUT2D eigenvalue weighted by atomic mass is 79.9. The van der Waals surface area contributed by atoms with Gasteiger partial charge in [0.1, 0.15) is 11.5 Å². The van der Waals surface area contributed by atoms with Crippen LogP contribution >= 0.6 is 27.3 Å². The Kier molecular flexibility index (Phi) is 8.23. The summed E-state index contributed by atoms with van der Waals surface area (Å²) < 4.78 is 19.3. The third kappa shape index (κ3) is 5.89. The first-order valence-electron chi connectivity index (χ1n) is 12.9. The van der Waals surface area contributed by atoms with Crippen molar-refractivity contribution in [1.82, 2.24) is 4.57 Å². The van der Waals surface area contributed by atoms with Gasteiger partial charge in [0, 0.05) is 16.1 Å². The van der Waals surface area contributed by atoms with E-state index in [-0.39, 0.29) is 23.7 Å². The minimum Gasteiger partial charge on any atom is -0.465 e. The number of halogens is 1. The Hall–Kier alpha value is -4.02. The molecule has 1 aliphatic rings. The topological polar surface area (TPSA) is 100 Å². The second-order valence-electron chi connectivity index (χ2n) is 9.90. The van der Waals surface area contributed by atoms with Crippen molar-refractivity contribution in [2.45, 2.75) is 26.8 Å². The number of thiazole rings is 1. The van der Waals surface area contributed by atoms with Gasteiger partial charge in [-0.05, 0) is 54.8 Å². The Bertz CT molecular complexity index is 1830. The minimum atomic E-state index is -0.797. The first-order valence-corrected chi connectivity index (χ1v) is 14.5. The summed E-state index contributed by atoms with van der Waals surface area (Å²) in [5.41, 5.74) is 2.30. The smallest absolute Gasteiger partial charge is 0.338 e. The zero-order chi connectivity index (χ0) is 29.3. The lowest BCUT2D eigenvalue weighted by molar-refractivity contribution is -0.140. The molecule has 1 aliphatic heterocycles. The van der Waals surface area contributed by atoms with E-state index in [9.17, 15) is 14.4 Å². The van der Waals surface area contributed by atoms with Crippen LogP contribution in [-0.2, 0) is 14.3 Å². The Labute approximate surface area is 248 Å². The average molecular weight is 636 g/mol. The highest BCUT2D eigenvalue weighted by Crippen LogP contribution is 2.31. The number of benzene rings is 2. The summed E-state index contributed by atoms with van der Waals surface area (Å²) in [6.45, 7) is 5.86. The van der Waals surface area contributed by atoms with Crippen LogP contribution in [0.5, 0.6) is 0 Å². The van der Waals surface area contributed by atoms with Gasteiger partial charge in [0.05, 0.1) is 41.1 Å². The van der Waals surface area contributed by atoms with Gasteiger partial charge in [0.15, 0.2) is 4.80 Å². The molecule has 0 radical (unpaired) electrons. The molecular weight excluding hydrogens is 608 g/mol. The first kappa shape index (κ1) is 28.5. The van der Waals surface area contributed by atoms with Crippen LogP contribution in [0.3, 0.4) is 0 Å². The summed E-state index contributed by atoms with van der Waals surface area (Å²) in [5.74, 6) is 0.297. The number of rotatable bonds is 7. The molecule has 2 aromatic carbocycles. The average Bonchev–Trinajstić information content (AvgIpc) is 3.55. The SMILES string of the molecule is COC(=O)c1ccc(C2C(C(=O)OCC(C)C)=C(C)N=c3sc(=Cc4ccc(-c5ccc(Br)cc5)o4)c(=O)n32)cc1. The lowest BCUT2D eigenvalue weighted by Crippen LogP contribution is -2.40. The molecule has 5 rings (SSSR count). The quantitative estimate of drug-likeness (QED) is 0.258. The maximum atomic E-state index is 13.9. The van der Waals surface area contributed by atoms with Crippen LogP contribution in [0, 0.1) is 5.92 Å². The Balaban J connectivity index is 1.60. The molecule has 0 amide bonds. The molecule has 1 unspecified atom stereocenters. The molecule has 1 atom stereocenters. The summed E-state index contributed by atoms with van der Waals surface area (Å²) in [7, 11) is 1.31. The molecule has 0 saturated heterocycles. The van der Waals surface area contributed by atoms with E-state index < -0.39 is 18.0 Å². The summed E-state index contributed by atoms with van der Waals surface area (Å²) in [6, 6.07) is 17.2. The van der Waals surface area contributed by atoms with Crippen LogP contribution in [0.2, 0.25) is 0 Å². The van der Waals surface area contributed by atoms with E-state index in [1.54, 1.807) is 43.3 Å². The molecule has 2 aromatic heterocycles. The highest BCUT2D eigenvalue weighted by molar-refractivity contribution is 9.10. The Morgan fingerprint density at radius 2 is 1.78 bits per heavy atom. The summed E-state index contributed by atoms with van der Waals surface area (Å²) >= 11 is 4.65. The van der Waals surface area contributed by atoms with Gasteiger partial charge in [-0.3, -0.25) is 9.36 Å². The number of methoxy groups -OCH3 is 1. The van der Waals surface area contributed by atoms with E-state index in [1.807, 2.05) is 44.2 Å². The van der Waals surface area contributed by atoms with Gasteiger partial charge in [0.25, 0.3) is 5.56 Å². The lowest BCUT2D eigenvalue weighted by atomic mass is 9.95. The fourth-order valence-corrected chi connectivity index (χ4v) is 5.76. The zero-order valence-corrected chi connectivity index (χ0v) is 25.2. The van der Waals surface area contributed by atoms with Gasteiger partial charge in [-0.2, -0.15) is 0 Å². The molecule has 0 spiro atoms. The number of ether oxygens (including phenoxy) is 2. The number of allylic oxidation sites excluding steroid dienone is 1. The molecular formula is C31H27BrN2O6S. The van der Waals surface area contributed by atoms with E-state index in [4.69, 9.17) is 13.9 Å². The normalized spacial score (nSPS) is 15.1. The van der Waals surface area contributed by atoms with Crippen molar-refractivity contribution in [2.75, 3.05) is 13.7 Å². The van der Waals surface area contributed by atoms with E-state index >= 15 is 0 Å². The third-order valence-electron chi connectivity index (χ3n) is 6.47. The predicted octanol–water partition coefficient (Wildman–Crippen LogP) is 5.24. The molecule has 0 fully saturated rings. The molecule has 0 saturated carbocycles. The minimum absolute atomic E-state index is 0.134. The molecule has 210 valence electrons. The number of hydrogen-bond donors (Lipinski definition) is 0. The predicted molar refractivity (Wildman–Crippen MR) is 159 cm³/mol. The van der Waals surface area contributed by atoms with Crippen molar-refractivity contribution < 1.29 is 23.5 Å². The first-order chi connectivity index (χ1) is 19.7. The molecule has 10 heteroatoms. The van der Waals surface area contributed by atoms with Crippen molar-refractivity contribution in [3.05, 3.63) is 113 Å². The van der Waals surface area contributed by atoms with Crippen LogP contribution in [0.4, 0.5) is 0 Å². The Morgan fingerprint density at radius 1 is 1.07 bits per heavy atom. The fraction of sp³-hybridized carbons (Fsp3) is 0.226. The van der Waals surface area contributed by atoms with Gasteiger partial charge >= 0.3 is 11.9 Å². The largest absolute Gasteiger partial charge is 0.465 e. The van der Waals surface area contributed by atoms with Gasteiger partial charge in [-0.1, -0.05) is 65.4 Å². The molecule has 3 heterocycles. The van der Waals surface area contributed by atoms with Crippen molar-refractivity contribution in [2.24, 2.45) is 10.9 Å². The van der Waals surface area contributed by atoms with Gasteiger partial charge in [-0.25, -0.2) is 14.6 Å². The molecule has 0 aliphatic carbocycles. The van der Waals surface area contributed by atoms with Crippen molar-refractivity contribution >= 4 is 45.3 Å². The number of esters is 2. The highest BCUT2D eigenvalue weighted by Gasteiger charge is 2.33. The van der Waals surface area contributed by atoms with Crippen LogP contribution in [0.1, 0.15) is 48.5 Å². The maximum Gasteiger partial charge on any atom is 0.338 e. The van der Waals surface area contributed by atoms with Crippen molar-refractivity contribution in [1.29, 1.82) is 0 Å². The number of fused-ring (bicyclic) bond motifs is 1. The lowest BCUT2D eigenvalue weighted by Gasteiger charge is -2.25. The van der Waals surface area contributed by atoms with E-state index in [0.717, 1.165) is 10.0 Å². The summed E-state index contributed by atoms with van der Waals surface area (Å²) in [6.07, 6.45) is 1.68. The maximum absolute atomic E-state index is 13.9. The standard InChI is InChI=1S/C31H27BrN2O6S/c1-17(2)16-39-30(37)26-18(3)33-31-34(27(26)20-5-7-21(8-6-20)29(36)38-4)28(35)25(41-31)15-23-13-14-24(40-23)19-9-11-22(32)12-10-19/h5-15,17,27H,16H2,1-4H3. The number of hydrogen-bond acceptors (Lipinski definition) is 8. The number of carbonyl (C=O) groups is 2. The Morgan fingerprint density at radius 3 is 2.44 bits per heavy atom. The number of nitrogens with zero attached hydrogens (tertiary/aromatic N) is 2.